The summed E-state index contributed by atoms with van der Waals surface area (Å²) in [5.41, 5.74) is -2.61. The lowest BCUT2D eigenvalue weighted by Crippen LogP contribution is -2.63. The largest absolute Gasteiger partial charge is 0.352 e. The van der Waals surface area contributed by atoms with Crippen LogP contribution < -0.4 is 15.5 Å². The van der Waals surface area contributed by atoms with Crippen LogP contribution in [0.15, 0.2) is 60.8 Å². The number of hydrogen-bond acceptors (Lipinski definition) is 5. The summed E-state index contributed by atoms with van der Waals surface area (Å²) in [6, 6.07) is 12.0. The second kappa shape index (κ2) is 11.1. The first-order chi connectivity index (χ1) is 19.9. The zero-order valence-corrected chi connectivity index (χ0v) is 22.5. The lowest BCUT2D eigenvalue weighted by Gasteiger charge is -2.43. The number of pyridine rings is 1. The third kappa shape index (κ3) is 5.27. The van der Waals surface area contributed by atoms with Crippen molar-refractivity contribution in [3.05, 3.63) is 88.6 Å². The van der Waals surface area contributed by atoms with E-state index >= 15 is 0 Å². The van der Waals surface area contributed by atoms with Gasteiger partial charge in [-0.25, -0.2) is 22.5 Å². The Balaban J connectivity index is 1.71. The normalized spacial score (nSPS) is 20.4. The maximum atomic E-state index is 14.7. The molecule has 3 aromatic rings. The Morgan fingerprint density at radius 1 is 1.12 bits per heavy atom. The van der Waals surface area contributed by atoms with Crippen molar-refractivity contribution in [3.8, 4) is 6.07 Å². The predicted molar refractivity (Wildman–Crippen MR) is 144 cm³/mol. The Kier molecular flexibility index (Phi) is 7.64. The van der Waals surface area contributed by atoms with Gasteiger partial charge in [0.05, 0.1) is 23.2 Å². The number of nitrogens with one attached hydrogen (secondary N) is 2. The van der Waals surface area contributed by atoms with Crippen molar-refractivity contribution in [3.63, 3.8) is 0 Å². The molecule has 2 atom stereocenters. The summed E-state index contributed by atoms with van der Waals surface area (Å²) in [4.78, 5) is 47.0. The highest BCUT2D eigenvalue weighted by molar-refractivity contribution is 6.32. The molecule has 0 spiro atoms. The van der Waals surface area contributed by atoms with E-state index in [0.29, 0.717) is 0 Å². The highest BCUT2D eigenvalue weighted by Crippen LogP contribution is 2.48. The van der Waals surface area contributed by atoms with Gasteiger partial charge < -0.3 is 10.6 Å². The van der Waals surface area contributed by atoms with Gasteiger partial charge >= 0.3 is 0 Å². The second-order valence-corrected chi connectivity index (χ2v) is 10.6. The minimum absolute atomic E-state index is 0.0266. The van der Waals surface area contributed by atoms with Crippen molar-refractivity contribution in [1.82, 2.24) is 10.3 Å². The maximum absolute atomic E-state index is 14.7. The van der Waals surface area contributed by atoms with Crippen molar-refractivity contribution in [2.24, 2.45) is 0 Å². The number of rotatable bonds is 7. The Labute approximate surface area is 242 Å². The van der Waals surface area contributed by atoms with Crippen LogP contribution in [0.2, 0.25) is 5.02 Å². The van der Waals surface area contributed by atoms with Crippen molar-refractivity contribution in [2.75, 3.05) is 10.2 Å². The average molecular weight is 600 g/mol. The molecule has 2 fully saturated rings. The van der Waals surface area contributed by atoms with Gasteiger partial charge in [-0.3, -0.25) is 19.3 Å². The highest BCUT2D eigenvalue weighted by atomic mass is 35.5. The number of nitriles is 1. The van der Waals surface area contributed by atoms with Crippen LogP contribution in [0, 0.1) is 23.0 Å². The fourth-order valence-electron chi connectivity index (χ4n) is 5.50. The van der Waals surface area contributed by atoms with E-state index in [9.17, 15) is 37.2 Å². The SMILES string of the molecule is N#Cc1ccnc(N2C(=O)CCC2(C(=O)Nc2cc(F)ccc2F)[C@@H](C(=O)NC2CC(F)(F)C2)c2ccccc2Cl)c1. The third-order valence-electron chi connectivity index (χ3n) is 7.43. The van der Waals surface area contributed by atoms with Gasteiger partial charge in [-0.2, -0.15) is 5.26 Å². The molecule has 5 rings (SSSR count). The van der Waals surface area contributed by atoms with Crippen molar-refractivity contribution < 1.29 is 31.9 Å². The zero-order valence-electron chi connectivity index (χ0n) is 21.7. The van der Waals surface area contributed by atoms with Gasteiger partial charge in [0.1, 0.15) is 23.0 Å². The van der Waals surface area contributed by atoms with E-state index in [2.05, 4.69) is 15.6 Å². The molecule has 2 aromatic carbocycles. The second-order valence-electron chi connectivity index (χ2n) is 10.2. The maximum Gasteiger partial charge on any atom is 0.252 e. The van der Waals surface area contributed by atoms with E-state index in [-0.39, 0.29) is 34.8 Å². The number of anilines is 2. The number of hydrogen-bond donors (Lipinski definition) is 2. The Morgan fingerprint density at radius 3 is 2.55 bits per heavy atom. The fraction of sp³-hybridized carbons (Fsp3) is 0.276. The number of benzene rings is 2. The van der Waals surface area contributed by atoms with E-state index in [0.717, 1.165) is 23.1 Å². The van der Waals surface area contributed by atoms with E-state index in [1.54, 1.807) is 6.07 Å². The van der Waals surface area contributed by atoms with Crippen LogP contribution in [0.1, 0.15) is 42.7 Å². The fourth-order valence-corrected chi connectivity index (χ4v) is 5.75. The van der Waals surface area contributed by atoms with Crippen LogP contribution in [0.5, 0.6) is 0 Å². The van der Waals surface area contributed by atoms with E-state index < -0.39 is 71.3 Å². The highest BCUT2D eigenvalue weighted by Gasteiger charge is 2.61. The molecule has 0 radical (unpaired) electrons. The monoisotopic (exact) mass is 599 g/mol. The number of carbonyl (C=O) groups is 3. The van der Waals surface area contributed by atoms with Crippen LogP contribution in [0.4, 0.5) is 29.1 Å². The smallest absolute Gasteiger partial charge is 0.252 e. The minimum Gasteiger partial charge on any atom is -0.352 e. The van der Waals surface area contributed by atoms with Crippen molar-refractivity contribution in [1.29, 1.82) is 5.26 Å². The molecule has 216 valence electrons. The molecule has 1 unspecified atom stereocenters. The molecule has 1 aliphatic heterocycles. The summed E-state index contributed by atoms with van der Waals surface area (Å²) in [5.74, 6) is -9.25. The number of carbonyl (C=O) groups excluding carboxylic acids is 3. The third-order valence-corrected chi connectivity index (χ3v) is 7.78. The topological polar surface area (TPSA) is 115 Å². The molecule has 1 saturated carbocycles. The first kappa shape index (κ1) is 29.0. The van der Waals surface area contributed by atoms with Gasteiger partial charge in [0.2, 0.25) is 11.8 Å². The summed E-state index contributed by atoms with van der Waals surface area (Å²) in [7, 11) is 0. The lowest BCUT2D eigenvalue weighted by molar-refractivity contribution is -0.136. The summed E-state index contributed by atoms with van der Waals surface area (Å²) in [6.45, 7) is 0. The molecule has 2 N–H and O–H groups in total. The molecular formula is C29H22ClF4N5O3. The molecule has 13 heteroatoms. The number of amides is 3. The molecule has 1 aliphatic carbocycles. The summed E-state index contributed by atoms with van der Waals surface area (Å²) >= 11 is 6.52. The summed E-state index contributed by atoms with van der Waals surface area (Å²) in [6.07, 6.45) is -0.633. The van der Waals surface area contributed by atoms with Crippen LogP contribution in [0.25, 0.3) is 0 Å². The lowest BCUT2D eigenvalue weighted by atomic mass is 9.74. The summed E-state index contributed by atoms with van der Waals surface area (Å²) in [5, 5.41) is 14.4. The number of alkyl halides is 2. The van der Waals surface area contributed by atoms with Crippen molar-refractivity contribution in [2.45, 2.75) is 49.1 Å². The van der Waals surface area contributed by atoms with Crippen LogP contribution in [-0.2, 0) is 14.4 Å². The first-order valence-corrected chi connectivity index (χ1v) is 13.2. The minimum atomic E-state index is -2.97. The Hall–Kier alpha value is -4.50. The molecule has 2 heterocycles. The van der Waals surface area contributed by atoms with Gasteiger partial charge in [-0.05, 0) is 42.3 Å². The van der Waals surface area contributed by atoms with Crippen LogP contribution in [-0.4, -0.2) is 40.2 Å². The molecule has 2 aliphatic rings. The van der Waals surface area contributed by atoms with Gasteiger partial charge in [0.25, 0.3) is 11.8 Å². The van der Waals surface area contributed by atoms with Gasteiger partial charge in [-0.15, -0.1) is 0 Å². The quantitative estimate of drug-likeness (QED) is 0.367. The average Bonchev–Trinajstić information content (AvgIpc) is 3.28. The molecule has 0 bridgehead atoms. The Morgan fingerprint density at radius 2 is 1.86 bits per heavy atom. The van der Waals surface area contributed by atoms with Crippen LogP contribution in [0.3, 0.4) is 0 Å². The molecule has 8 nitrogen and oxygen atoms in total. The zero-order chi connectivity index (χ0) is 30.2. The molecular weight excluding hydrogens is 578 g/mol. The number of nitrogens with zero attached hydrogens (tertiary/aromatic N) is 3. The molecule has 3 amide bonds. The van der Waals surface area contributed by atoms with Gasteiger partial charge in [-0.1, -0.05) is 29.8 Å². The van der Waals surface area contributed by atoms with E-state index in [4.69, 9.17) is 11.6 Å². The van der Waals surface area contributed by atoms with Crippen molar-refractivity contribution >= 4 is 40.8 Å². The summed E-state index contributed by atoms with van der Waals surface area (Å²) < 4.78 is 56.1. The molecule has 1 saturated heterocycles. The van der Waals surface area contributed by atoms with E-state index in [1.165, 1.54) is 36.5 Å². The number of halogens is 5. The van der Waals surface area contributed by atoms with Gasteiger partial charge in [0.15, 0.2) is 0 Å². The Bertz CT molecular complexity index is 1620. The van der Waals surface area contributed by atoms with Gasteiger partial charge in [0, 0.05) is 42.6 Å². The standard InChI is InChI=1S/C29H22ClF4N5O3/c30-20-4-2-1-3-19(20)25(26(41)37-18-13-28(33,34)14-18)29(27(42)38-22-12-17(31)5-6-21(22)32)9-7-24(40)39(29)23-11-16(15-35)8-10-36-23/h1-6,8,10-12,18,25H,7,9,13-14H2,(H,37,41)(H,38,42)/t25-,29?/m1/s1. The van der Waals surface area contributed by atoms with Crippen LogP contribution >= 0.6 is 11.6 Å². The first-order valence-electron chi connectivity index (χ1n) is 12.8. The molecule has 1 aromatic heterocycles. The molecule has 42 heavy (non-hydrogen) atoms. The van der Waals surface area contributed by atoms with E-state index in [1.807, 2.05) is 6.07 Å². The number of aromatic nitrogens is 1. The predicted octanol–water partition coefficient (Wildman–Crippen LogP) is 5.09.